The summed E-state index contributed by atoms with van der Waals surface area (Å²) in [5, 5.41) is 0. The monoisotopic (exact) mass is 219 g/mol. The van der Waals surface area contributed by atoms with Gasteiger partial charge in [-0.1, -0.05) is 29.8 Å². The van der Waals surface area contributed by atoms with Crippen molar-refractivity contribution >= 4 is 5.97 Å². The van der Waals surface area contributed by atoms with Crippen LogP contribution in [0.15, 0.2) is 24.3 Å². The molecule has 3 nitrogen and oxygen atoms in total. The normalized spacial score (nSPS) is 20.2. The molecule has 1 atom stereocenters. The number of cyclic esters (lactones) is 1. The summed E-state index contributed by atoms with van der Waals surface area (Å²) in [5.74, 6) is -0.0883. The Balaban J connectivity index is 1.98. The second-order valence-corrected chi connectivity index (χ2v) is 4.37. The minimum Gasteiger partial charge on any atom is -0.464 e. The fourth-order valence-electron chi connectivity index (χ4n) is 1.98. The lowest BCUT2D eigenvalue weighted by atomic mass is 10.1. The standard InChI is InChI=1S/C13H17NO2/c1-10-3-5-11(6-4-10)9-14(2)12-7-8-16-13(12)15/h3-6,12H,7-9H2,1-2H3. The lowest BCUT2D eigenvalue weighted by molar-refractivity contribution is -0.142. The summed E-state index contributed by atoms with van der Waals surface area (Å²) in [7, 11) is 1.97. The lowest BCUT2D eigenvalue weighted by Gasteiger charge is -2.20. The Bertz CT molecular complexity index is 372. The van der Waals surface area contributed by atoms with Crippen LogP contribution in [-0.4, -0.2) is 30.6 Å². The van der Waals surface area contributed by atoms with E-state index in [1.807, 2.05) is 7.05 Å². The Labute approximate surface area is 96.0 Å². The molecule has 2 rings (SSSR count). The molecular weight excluding hydrogens is 202 g/mol. The Morgan fingerprint density at radius 2 is 2.06 bits per heavy atom. The maximum Gasteiger partial charge on any atom is 0.323 e. The molecule has 0 radical (unpaired) electrons. The maximum absolute atomic E-state index is 11.4. The van der Waals surface area contributed by atoms with Crippen LogP contribution in [0.25, 0.3) is 0 Å². The van der Waals surface area contributed by atoms with Gasteiger partial charge >= 0.3 is 5.97 Å². The van der Waals surface area contributed by atoms with Crippen molar-refractivity contribution < 1.29 is 9.53 Å². The molecule has 0 spiro atoms. The molecule has 1 saturated heterocycles. The predicted octanol–water partition coefficient (Wildman–Crippen LogP) is 1.74. The van der Waals surface area contributed by atoms with Crippen LogP contribution in [0.3, 0.4) is 0 Å². The van der Waals surface area contributed by atoms with Gasteiger partial charge in [-0.2, -0.15) is 0 Å². The predicted molar refractivity (Wildman–Crippen MR) is 62.0 cm³/mol. The Morgan fingerprint density at radius 3 is 2.62 bits per heavy atom. The fourth-order valence-corrected chi connectivity index (χ4v) is 1.98. The molecule has 0 bridgehead atoms. The van der Waals surface area contributed by atoms with Crippen LogP contribution >= 0.6 is 0 Å². The van der Waals surface area contributed by atoms with E-state index in [0.717, 1.165) is 13.0 Å². The highest BCUT2D eigenvalue weighted by Crippen LogP contribution is 2.15. The van der Waals surface area contributed by atoms with Crippen LogP contribution in [0.5, 0.6) is 0 Å². The van der Waals surface area contributed by atoms with Gasteiger partial charge in [0.1, 0.15) is 6.04 Å². The Kier molecular flexibility index (Phi) is 3.25. The largest absolute Gasteiger partial charge is 0.464 e. The summed E-state index contributed by atoms with van der Waals surface area (Å²) in [6, 6.07) is 8.33. The number of esters is 1. The molecule has 3 heteroatoms. The summed E-state index contributed by atoms with van der Waals surface area (Å²) in [6.45, 7) is 3.42. The van der Waals surface area contributed by atoms with Gasteiger partial charge in [0.25, 0.3) is 0 Å². The van der Waals surface area contributed by atoms with Gasteiger partial charge < -0.3 is 4.74 Å². The summed E-state index contributed by atoms with van der Waals surface area (Å²) >= 11 is 0. The van der Waals surface area contributed by atoms with E-state index in [-0.39, 0.29) is 12.0 Å². The summed E-state index contributed by atoms with van der Waals surface area (Å²) in [6.07, 6.45) is 0.807. The van der Waals surface area contributed by atoms with E-state index in [2.05, 4.69) is 36.1 Å². The van der Waals surface area contributed by atoms with E-state index in [9.17, 15) is 4.79 Å². The van der Waals surface area contributed by atoms with Crippen LogP contribution in [0.2, 0.25) is 0 Å². The number of rotatable bonds is 3. The molecule has 1 aromatic rings. The third-order valence-corrected chi connectivity index (χ3v) is 2.99. The van der Waals surface area contributed by atoms with E-state index in [4.69, 9.17) is 4.74 Å². The zero-order valence-corrected chi connectivity index (χ0v) is 9.77. The second-order valence-electron chi connectivity index (χ2n) is 4.37. The molecule has 1 unspecified atom stereocenters. The second kappa shape index (κ2) is 4.66. The van der Waals surface area contributed by atoms with Gasteiger partial charge in [0.15, 0.2) is 0 Å². The van der Waals surface area contributed by atoms with Crippen LogP contribution in [0.1, 0.15) is 17.5 Å². The molecular formula is C13H17NO2. The number of carbonyl (C=O) groups is 1. The molecule has 1 fully saturated rings. The SMILES string of the molecule is Cc1ccc(CN(C)C2CCOC2=O)cc1. The first kappa shape index (κ1) is 11.1. The topological polar surface area (TPSA) is 29.5 Å². The van der Waals surface area contributed by atoms with E-state index >= 15 is 0 Å². The lowest BCUT2D eigenvalue weighted by Crippen LogP contribution is -2.34. The number of likely N-dealkylation sites (N-methyl/N-ethyl adjacent to an activating group) is 1. The molecule has 0 N–H and O–H groups in total. The van der Waals surface area contributed by atoms with Gasteiger partial charge in [0, 0.05) is 13.0 Å². The fraction of sp³-hybridized carbons (Fsp3) is 0.462. The van der Waals surface area contributed by atoms with Crippen molar-refractivity contribution in [3.05, 3.63) is 35.4 Å². The van der Waals surface area contributed by atoms with Crippen molar-refractivity contribution in [2.75, 3.05) is 13.7 Å². The average Bonchev–Trinajstić information content (AvgIpc) is 2.68. The van der Waals surface area contributed by atoms with Crippen molar-refractivity contribution in [1.82, 2.24) is 4.90 Å². The van der Waals surface area contributed by atoms with Crippen molar-refractivity contribution in [3.63, 3.8) is 0 Å². The summed E-state index contributed by atoms with van der Waals surface area (Å²) < 4.78 is 4.96. The van der Waals surface area contributed by atoms with Gasteiger partial charge in [-0.15, -0.1) is 0 Å². The molecule has 1 aromatic carbocycles. The third kappa shape index (κ3) is 2.42. The number of carbonyl (C=O) groups excluding carboxylic acids is 1. The highest BCUT2D eigenvalue weighted by molar-refractivity contribution is 5.77. The van der Waals surface area contributed by atoms with E-state index in [0.29, 0.717) is 6.61 Å². The highest BCUT2D eigenvalue weighted by Gasteiger charge is 2.29. The summed E-state index contributed by atoms with van der Waals surface area (Å²) in [4.78, 5) is 13.5. The Hall–Kier alpha value is -1.35. The van der Waals surface area contributed by atoms with Crippen LogP contribution in [0, 0.1) is 6.92 Å². The molecule has 1 aliphatic rings. The van der Waals surface area contributed by atoms with Crippen LogP contribution in [-0.2, 0) is 16.1 Å². The van der Waals surface area contributed by atoms with Crippen molar-refractivity contribution in [2.24, 2.45) is 0 Å². The molecule has 86 valence electrons. The van der Waals surface area contributed by atoms with Gasteiger partial charge in [-0.05, 0) is 19.5 Å². The van der Waals surface area contributed by atoms with Crippen molar-refractivity contribution in [2.45, 2.75) is 25.9 Å². The number of nitrogens with zero attached hydrogens (tertiary/aromatic N) is 1. The molecule has 0 aromatic heterocycles. The van der Waals surface area contributed by atoms with E-state index in [1.165, 1.54) is 11.1 Å². The quantitative estimate of drug-likeness (QED) is 0.725. The van der Waals surface area contributed by atoms with Gasteiger partial charge in [-0.3, -0.25) is 9.69 Å². The van der Waals surface area contributed by atoms with Gasteiger partial charge in [-0.25, -0.2) is 0 Å². The van der Waals surface area contributed by atoms with Crippen LogP contribution in [0.4, 0.5) is 0 Å². The van der Waals surface area contributed by atoms with Gasteiger partial charge in [0.2, 0.25) is 0 Å². The molecule has 16 heavy (non-hydrogen) atoms. The molecule has 1 aliphatic heterocycles. The molecule has 0 amide bonds. The van der Waals surface area contributed by atoms with Gasteiger partial charge in [0.05, 0.1) is 6.61 Å². The Morgan fingerprint density at radius 1 is 1.38 bits per heavy atom. The zero-order valence-electron chi connectivity index (χ0n) is 9.77. The van der Waals surface area contributed by atoms with E-state index < -0.39 is 0 Å². The number of aryl methyl sites for hydroxylation is 1. The van der Waals surface area contributed by atoms with Crippen LogP contribution < -0.4 is 0 Å². The minimum absolute atomic E-state index is 0.0682. The smallest absolute Gasteiger partial charge is 0.323 e. The first-order valence-corrected chi connectivity index (χ1v) is 5.59. The number of ether oxygens (including phenoxy) is 1. The number of hydrogen-bond donors (Lipinski definition) is 0. The van der Waals surface area contributed by atoms with E-state index in [1.54, 1.807) is 0 Å². The molecule has 0 aliphatic carbocycles. The zero-order chi connectivity index (χ0) is 11.5. The molecule has 1 heterocycles. The maximum atomic E-state index is 11.4. The average molecular weight is 219 g/mol. The summed E-state index contributed by atoms with van der Waals surface area (Å²) in [5.41, 5.74) is 2.49. The minimum atomic E-state index is -0.0883. The number of benzene rings is 1. The first-order valence-electron chi connectivity index (χ1n) is 5.59. The molecule has 0 saturated carbocycles. The van der Waals surface area contributed by atoms with Crippen molar-refractivity contribution in [3.8, 4) is 0 Å². The number of hydrogen-bond acceptors (Lipinski definition) is 3. The highest BCUT2D eigenvalue weighted by atomic mass is 16.5. The third-order valence-electron chi connectivity index (χ3n) is 2.99. The first-order chi connectivity index (χ1) is 7.66. The van der Waals surface area contributed by atoms with Crippen molar-refractivity contribution in [1.29, 1.82) is 0 Å².